The van der Waals surface area contributed by atoms with Crippen molar-refractivity contribution in [3.05, 3.63) is 69.2 Å². The smallest absolute Gasteiger partial charge is 0.185 e. The van der Waals surface area contributed by atoms with Crippen molar-refractivity contribution in [2.75, 3.05) is 7.11 Å². The summed E-state index contributed by atoms with van der Waals surface area (Å²) in [4.78, 5) is 12.3. The predicted octanol–water partition coefficient (Wildman–Crippen LogP) is 5.79. The lowest BCUT2D eigenvalue weighted by Gasteiger charge is -2.14. The third-order valence-corrected chi connectivity index (χ3v) is 4.31. The summed E-state index contributed by atoms with van der Waals surface area (Å²) in [6, 6.07) is 11.5. The molecule has 2 aromatic rings. The number of methoxy groups -OCH3 is 1. The predicted molar refractivity (Wildman–Crippen MR) is 99.3 cm³/mol. The fourth-order valence-electron chi connectivity index (χ4n) is 2.40. The molecule has 0 spiro atoms. The van der Waals surface area contributed by atoms with Gasteiger partial charge >= 0.3 is 0 Å². The van der Waals surface area contributed by atoms with Crippen molar-refractivity contribution in [1.29, 1.82) is 0 Å². The Bertz CT molecular complexity index is 728. The lowest BCUT2D eigenvalue weighted by atomic mass is 9.96. The first kappa shape index (κ1) is 17.5. The number of carbonyl (C=O) groups is 1. The second-order valence-corrected chi connectivity index (χ2v) is 6.73. The van der Waals surface area contributed by atoms with E-state index in [2.05, 4.69) is 35.8 Å². The van der Waals surface area contributed by atoms with Gasteiger partial charge in [-0.2, -0.15) is 0 Å². The zero-order valence-electron chi connectivity index (χ0n) is 13.9. The number of benzene rings is 2. The number of aryl methyl sites for hydroxylation is 1. The number of carbonyl (C=O) groups excluding carboxylic acids is 1. The molecule has 0 N–H and O–H groups in total. The molecular weight excluding hydrogens is 352 g/mol. The summed E-state index contributed by atoms with van der Waals surface area (Å²) >= 11 is 3.37. The van der Waals surface area contributed by atoms with Crippen LogP contribution in [0, 0.1) is 6.92 Å². The average molecular weight is 373 g/mol. The van der Waals surface area contributed by atoms with E-state index < -0.39 is 0 Å². The zero-order valence-corrected chi connectivity index (χ0v) is 15.5. The molecule has 3 heteroatoms. The van der Waals surface area contributed by atoms with Crippen LogP contribution in [0.2, 0.25) is 0 Å². The van der Waals surface area contributed by atoms with Crippen LogP contribution in [-0.2, 0) is 0 Å². The quantitative estimate of drug-likeness (QED) is 0.490. The maximum atomic E-state index is 12.3. The van der Waals surface area contributed by atoms with Gasteiger partial charge < -0.3 is 4.74 Å². The highest BCUT2D eigenvalue weighted by Gasteiger charge is 2.10. The molecule has 0 saturated heterocycles. The summed E-state index contributed by atoms with van der Waals surface area (Å²) in [7, 11) is 1.69. The fraction of sp³-hybridized carbons (Fsp3) is 0.250. The van der Waals surface area contributed by atoms with Gasteiger partial charge in [-0.05, 0) is 72.0 Å². The largest absolute Gasteiger partial charge is 0.496 e. The molecule has 0 unspecified atom stereocenters. The molecule has 0 fully saturated rings. The highest BCUT2D eigenvalue weighted by Crippen LogP contribution is 2.30. The first-order valence-electron chi connectivity index (χ1n) is 7.59. The van der Waals surface area contributed by atoms with E-state index in [9.17, 15) is 4.79 Å². The van der Waals surface area contributed by atoms with Crippen LogP contribution in [0.15, 0.2) is 46.9 Å². The van der Waals surface area contributed by atoms with E-state index >= 15 is 0 Å². The average Bonchev–Trinajstić information content (AvgIpc) is 2.53. The Labute approximate surface area is 146 Å². The van der Waals surface area contributed by atoms with Crippen molar-refractivity contribution in [3.8, 4) is 5.75 Å². The van der Waals surface area contributed by atoms with Crippen LogP contribution in [0.25, 0.3) is 6.08 Å². The normalized spacial score (nSPS) is 11.2. The van der Waals surface area contributed by atoms with Gasteiger partial charge in [-0.25, -0.2) is 0 Å². The summed E-state index contributed by atoms with van der Waals surface area (Å²) in [6.07, 6.45) is 3.51. The molecule has 0 radical (unpaired) electrons. The van der Waals surface area contributed by atoms with E-state index in [1.54, 1.807) is 13.2 Å². The molecule has 0 amide bonds. The Morgan fingerprint density at radius 1 is 1.17 bits per heavy atom. The second kappa shape index (κ2) is 7.60. The molecule has 0 aromatic heterocycles. The number of ether oxygens (including phenoxy) is 1. The lowest BCUT2D eigenvalue weighted by Crippen LogP contribution is -1.98. The van der Waals surface area contributed by atoms with Gasteiger partial charge in [-0.1, -0.05) is 35.9 Å². The summed E-state index contributed by atoms with van der Waals surface area (Å²) in [6.45, 7) is 6.29. The summed E-state index contributed by atoms with van der Waals surface area (Å²) in [5.41, 5.74) is 3.96. The number of rotatable bonds is 5. The lowest BCUT2D eigenvalue weighted by molar-refractivity contribution is 0.104. The summed E-state index contributed by atoms with van der Waals surface area (Å²) < 4.78 is 6.42. The Morgan fingerprint density at radius 3 is 2.39 bits per heavy atom. The zero-order chi connectivity index (χ0) is 17.0. The van der Waals surface area contributed by atoms with E-state index in [0.29, 0.717) is 11.5 Å². The molecule has 120 valence electrons. The number of halogens is 1. The van der Waals surface area contributed by atoms with Crippen LogP contribution in [0.1, 0.15) is 46.8 Å². The minimum atomic E-state index is -0.00110. The molecule has 2 aromatic carbocycles. The number of hydrogen-bond donors (Lipinski definition) is 0. The molecule has 2 nitrogen and oxygen atoms in total. The third kappa shape index (κ3) is 4.32. The molecule has 0 aliphatic heterocycles. The SMILES string of the molecule is COc1cc(C)c(/C=C/C(=O)c2ccc(Br)cc2)cc1C(C)C. The Kier molecular flexibility index (Phi) is 5.78. The summed E-state index contributed by atoms with van der Waals surface area (Å²) in [5.74, 6) is 1.26. The van der Waals surface area contributed by atoms with E-state index in [-0.39, 0.29) is 5.78 Å². The molecule has 0 heterocycles. The summed E-state index contributed by atoms with van der Waals surface area (Å²) in [5, 5.41) is 0. The molecule has 0 aliphatic carbocycles. The van der Waals surface area contributed by atoms with E-state index in [4.69, 9.17) is 4.74 Å². The van der Waals surface area contributed by atoms with Gasteiger partial charge in [0.2, 0.25) is 0 Å². The van der Waals surface area contributed by atoms with Crippen LogP contribution in [0.5, 0.6) is 5.75 Å². The van der Waals surface area contributed by atoms with Crippen molar-refractivity contribution in [2.24, 2.45) is 0 Å². The van der Waals surface area contributed by atoms with Crippen molar-refractivity contribution in [1.82, 2.24) is 0 Å². The number of ketones is 1. The van der Waals surface area contributed by atoms with Crippen LogP contribution < -0.4 is 4.74 Å². The van der Waals surface area contributed by atoms with Gasteiger partial charge in [0.05, 0.1) is 7.11 Å². The molecule has 2 rings (SSSR count). The van der Waals surface area contributed by atoms with Crippen LogP contribution in [0.4, 0.5) is 0 Å². The molecule has 0 aliphatic rings. The standard InChI is InChI=1S/C20H21BrO2/c1-13(2)18-12-16(14(3)11-20(18)23-4)7-10-19(22)15-5-8-17(21)9-6-15/h5-13H,1-4H3/b10-7+. The van der Waals surface area contributed by atoms with E-state index in [0.717, 1.165) is 26.9 Å². The van der Waals surface area contributed by atoms with Gasteiger partial charge in [-0.15, -0.1) is 0 Å². The van der Waals surface area contributed by atoms with Crippen LogP contribution in [0.3, 0.4) is 0 Å². The van der Waals surface area contributed by atoms with Gasteiger partial charge in [0, 0.05) is 10.0 Å². The monoisotopic (exact) mass is 372 g/mol. The van der Waals surface area contributed by atoms with Gasteiger partial charge in [0.15, 0.2) is 5.78 Å². The topological polar surface area (TPSA) is 26.3 Å². The van der Waals surface area contributed by atoms with Crippen molar-refractivity contribution < 1.29 is 9.53 Å². The number of hydrogen-bond acceptors (Lipinski definition) is 2. The molecular formula is C20H21BrO2. The van der Waals surface area contributed by atoms with E-state index in [1.165, 1.54) is 0 Å². The first-order valence-corrected chi connectivity index (χ1v) is 8.38. The minimum absolute atomic E-state index is 0.00110. The molecule has 0 saturated carbocycles. The Hall–Kier alpha value is -1.87. The third-order valence-electron chi connectivity index (χ3n) is 3.78. The van der Waals surface area contributed by atoms with Crippen molar-refractivity contribution in [3.63, 3.8) is 0 Å². The highest BCUT2D eigenvalue weighted by atomic mass is 79.9. The minimum Gasteiger partial charge on any atom is -0.496 e. The molecule has 23 heavy (non-hydrogen) atoms. The van der Waals surface area contributed by atoms with Gasteiger partial charge in [-0.3, -0.25) is 4.79 Å². The van der Waals surface area contributed by atoms with Crippen LogP contribution in [-0.4, -0.2) is 12.9 Å². The van der Waals surface area contributed by atoms with E-state index in [1.807, 2.05) is 43.3 Å². The Morgan fingerprint density at radius 2 is 1.83 bits per heavy atom. The second-order valence-electron chi connectivity index (χ2n) is 5.81. The van der Waals surface area contributed by atoms with Crippen LogP contribution >= 0.6 is 15.9 Å². The Balaban J connectivity index is 2.30. The fourth-order valence-corrected chi connectivity index (χ4v) is 2.66. The molecule has 0 bridgehead atoms. The highest BCUT2D eigenvalue weighted by molar-refractivity contribution is 9.10. The number of allylic oxidation sites excluding steroid dienone is 1. The van der Waals surface area contributed by atoms with Gasteiger partial charge in [0.1, 0.15) is 5.75 Å². The maximum Gasteiger partial charge on any atom is 0.185 e. The maximum absolute atomic E-state index is 12.3. The first-order chi connectivity index (χ1) is 10.9. The van der Waals surface area contributed by atoms with Crippen molar-refractivity contribution >= 4 is 27.8 Å². The van der Waals surface area contributed by atoms with Gasteiger partial charge in [0.25, 0.3) is 0 Å². The molecule has 0 atom stereocenters. The van der Waals surface area contributed by atoms with Crippen molar-refractivity contribution in [2.45, 2.75) is 26.7 Å².